The Morgan fingerprint density at radius 2 is 2.26 bits per heavy atom. The van der Waals surface area contributed by atoms with Crippen LogP contribution in [0.1, 0.15) is 44.0 Å². The van der Waals surface area contributed by atoms with E-state index in [2.05, 4.69) is 58.5 Å². The Hall–Kier alpha value is 0.100. The van der Waals surface area contributed by atoms with E-state index < -0.39 is 0 Å². The number of nitrogens with zero attached hydrogens (tertiary/aromatic N) is 1. The average molecular weight is 345 g/mol. The molecule has 1 aromatic rings. The minimum Gasteiger partial charge on any atom is -0.319 e. The van der Waals surface area contributed by atoms with Gasteiger partial charge in [-0.2, -0.15) is 0 Å². The molecule has 19 heavy (non-hydrogen) atoms. The van der Waals surface area contributed by atoms with E-state index in [1.54, 1.807) is 0 Å². The van der Waals surface area contributed by atoms with E-state index in [0.29, 0.717) is 18.0 Å². The standard InChI is InChI=1S/C15H25BrN2S/c1-11(2)18-8-5-4-6-12(10-17-3)14(18)15-13(16)7-9-19-15/h7,9,11-12,14,17H,4-6,8,10H2,1-3H3. The van der Waals surface area contributed by atoms with Crippen molar-refractivity contribution in [2.24, 2.45) is 5.92 Å². The molecule has 2 unspecified atom stereocenters. The lowest BCUT2D eigenvalue weighted by Crippen LogP contribution is -2.40. The van der Waals surface area contributed by atoms with Crippen LogP contribution in [0.15, 0.2) is 15.9 Å². The molecule has 1 saturated heterocycles. The molecule has 108 valence electrons. The largest absolute Gasteiger partial charge is 0.319 e. The SMILES string of the molecule is CNCC1CCCCN(C(C)C)C1c1sccc1Br. The molecule has 1 aromatic heterocycles. The number of thiophene rings is 1. The molecule has 2 atom stereocenters. The molecule has 1 N–H and O–H groups in total. The first-order valence-electron chi connectivity index (χ1n) is 7.28. The van der Waals surface area contributed by atoms with Crippen molar-refractivity contribution in [1.29, 1.82) is 0 Å². The van der Waals surface area contributed by atoms with Gasteiger partial charge in [-0.1, -0.05) is 6.42 Å². The highest BCUT2D eigenvalue weighted by Crippen LogP contribution is 2.41. The fraction of sp³-hybridized carbons (Fsp3) is 0.733. The predicted octanol–water partition coefficient (Wildman–Crippen LogP) is 4.28. The summed E-state index contributed by atoms with van der Waals surface area (Å²) in [6.07, 6.45) is 4.02. The third-order valence-electron chi connectivity index (χ3n) is 4.09. The van der Waals surface area contributed by atoms with E-state index in [1.807, 2.05) is 11.3 Å². The molecule has 4 heteroatoms. The molecule has 0 saturated carbocycles. The topological polar surface area (TPSA) is 15.3 Å². The molecule has 0 aromatic carbocycles. The number of rotatable bonds is 4. The van der Waals surface area contributed by atoms with Crippen LogP contribution in [0.25, 0.3) is 0 Å². The minimum atomic E-state index is 0.560. The fourth-order valence-electron chi connectivity index (χ4n) is 3.21. The second kappa shape index (κ2) is 7.21. The van der Waals surface area contributed by atoms with E-state index in [1.165, 1.54) is 35.2 Å². The van der Waals surface area contributed by atoms with Crippen LogP contribution in [-0.4, -0.2) is 31.1 Å². The van der Waals surface area contributed by atoms with Gasteiger partial charge in [0.05, 0.1) is 0 Å². The molecule has 0 radical (unpaired) electrons. The number of nitrogens with one attached hydrogen (secondary N) is 1. The Morgan fingerprint density at radius 1 is 1.47 bits per heavy atom. The van der Waals surface area contributed by atoms with Crippen molar-refractivity contribution in [2.75, 3.05) is 20.1 Å². The Labute approximate surface area is 129 Å². The summed E-state index contributed by atoms with van der Waals surface area (Å²) >= 11 is 5.65. The smallest absolute Gasteiger partial charge is 0.0495 e. The third-order valence-corrected chi connectivity index (χ3v) is 6.03. The zero-order valence-electron chi connectivity index (χ0n) is 12.2. The van der Waals surface area contributed by atoms with Gasteiger partial charge in [0.15, 0.2) is 0 Å². The van der Waals surface area contributed by atoms with Crippen molar-refractivity contribution < 1.29 is 0 Å². The van der Waals surface area contributed by atoms with E-state index in [4.69, 9.17) is 0 Å². The van der Waals surface area contributed by atoms with Gasteiger partial charge in [0.1, 0.15) is 0 Å². The minimum absolute atomic E-state index is 0.560. The van der Waals surface area contributed by atoms with Gasteiger partial charge >= 0.3 is 0 Å². The van der Waals surface area contributed by atoms with E-state index in [0.717, 1.165) is 6.54 Å². The molecular weight excluding hydrogens is 320 g/mol. The third kappa shape index (κ3) is 3.60. The lowest BCUT2D eigenvalue weighted by molar-refractivity contribution is 0.121. The molecule has 0 bridgehead atoms. The molecule has 0 amide bonds. The van der Waals surface area contributed by atoms with Crippen molar-refractivity contribution in [3.63, 3.8) is 0 Å². The van der Waals surface area contributed by atoms with Crippen LogP contribution in [0.3, 0.4) is 0 Å². The van der Waals surface area contributed by atoms with Crippen LogP contribution in [0.4, 0.5) is 0 Å². The van der Waals surface area contributed by atoms with Crippen LogP contribution in [0, 0.1) is 5.92 Å². The maximum atomic E-state index is 3.75. The maximum Gasteiger partial charge on any atom is 0.0495 e. The number of hydrogen-bond donors (Lipinski definition) is 1. The highest BCUT2D eigenvalue weighted by molar-refractivity contribution is 9.10. The van der Waals surface area contributed by atoms with Crippen molar-refractivity contribution in [3.8, 4) is 0 Å². The first-order chi connectivity index (χ1) is 9.15. The molecule has 1 fully saturated rings. The lowest BCUT2D eigenvalue weighted by atomic mass is 9.92. The molecule has 0 spiro atoms. The number of hydrogen-bond acceptors (Lipinski definition) is 3. The lowest BCUT2D eigenvalue weighted by Gasteiger charge is -2.37. The summed E-state index contributed by atoms with van der Waals surface area (Å²) in [4.78, 5) is 4.21. The quantitative estimate of drug-likeness (QED) is 0.876. The Bertz CT molecular complexity index is 391. The van der Waals surface area contributed by atoms with Crippen LogP contribution in [0.2, 0.25) is 0 Å². The van der Waals surface area contributed by atoms with Crippen molar-refractivity contribution >= 4 is 27.3 Å². The first kappa shape index (κ1) is 15.5. The molecule has 0 aliphatic carbocycles. The van der Waals surface area contributed by atoms with Gasteiger partial charge in [-0.25, -0.2) is 0 Å². The number of halogens is 1. The van der Waals surface area contributed by atoms with Crippen LogP contribution in [0.5, 0.6) is 0 Å². The second-order valence-corrected chi connectivity index (χ2v) is 7.52. The van der Waals surface area contributed by atoms with E-state index >= 15 is 0 Å². The molecule has 2 nitrogen and oxygen atoms in total. The van der Waals surface area contributed by atoms with E-state index in [-0.39, 0.29) is 0 Å². The Kier molecular flexibility index (Phi) is 5.87. The first-order valence-corrected chi connectivity index (χ1v) is 8.95. The van der Waals surface area contributed by atoms with Gasteiger partial charge in [0, 0.05) is 21.4 Å². The normalized spacial score (nSPS) is 25.7. The summed E-state index contributed by atoms with van der Waals surface area (Å²) in [5, 5.41) is 5.61. The zero-order valence-corrected chi connectivity index (χ0v) is 14.6. The summed E-state index contributed by atoms with van der Waals surface area (Å²) in [6.45, 7) is 7.00. The van der Waals surface area contributed by atoms with Crippen molar-refractivity contribution in [3.05, 3.63) is 20.8 Å². The second-order valence-electron chi connectivity index (χ2n) is 5.72. The van der Waals surface area contributed by atoms with Gasteiger partial charge in [0.2, 0.25) is 0 Å². The van der Waals surface area contributed by atoms with Crippen LogP contribution in [-0.2, 0) is 0 Å². The van der Waals surface area contributed by atoms with E-state index in [9.17, 15) is 0 Å². The Balaban J connectivity index is 2.34. The molecule has 2 heterocycles. The average Bonchev–Trinajstić information content (AvgIpc) is 2.67. The van der Waals surface area contributed by atoms with Crippen molar-refractivity contribution in [2.45, 2.75) is 45.2 Å². The highest BCUT2D eigenvalue weighted by atomic mass is 79.9. The molecule has 2 rings (SSSR count). The van der Waals surface area contributed by atoms with Gasteiger partial charge in [-0.15, -0.1) is 11.3 Å². The monoisotopic (exact) mass is 344 g/mol. The highest BCUT2D eigenvalue weighted by Gasteiger charge is 2.33. The zero-order chi connectivity index (χ0) is 13.8. The van der Waals surface area contributed by atoms with Gasteiger partial charge in [-0.3, -0.25) is 4.90 Å². The van der Waals surface area contributed by atoms with Gasteiger partial charge in [0.25, 0.3) is 0 Å². The summed E-state index contributed by atoms with van der Waals surface area (Å²) in [7, 11) is 2.07. The Morgan fingerprint density at radius 3 is 2.84 bits per heavy atom. The van der Waals surface area contributed by atoms with Gasteiger partial charge < -0.3 is 5.32 Å². The molecular formula is C15H25BrN2S. The van der Waals surface area contributed by atoms with Gasteiger partial charge in [-0.05, 0) is 80.1 Å². The number of likely N-dealkylation sites (tertiary alicyclic amines) is 1. The summed E-state index contributed by atoms with van der Waals surface area (Å²) in [5.41, 5.74) is 0. The van der Waals surface area contributed by atoms with Crippen molar-refractivity contribution in [1.82, 2.24) is 10.2 Å². The maximum absolute atomic E-state index is 3.75. The summed E-state index contributed by atoms with van der Waals surface area (Å²) in [5.74, 6) is 0.713. The summed E-state index contributed by atoms with van der Waals surface area (Å²) in [6, 6.07) is 3.36. The van der Waals surface area contributed by atoms with Crippen LogP contribution < -0.4 is 5.32 Å². The predicted molar refractivity (Wildman–Crippen MR) is 87.9 cm³/mol. The molecule has 1 aliphatic heterocycles. The molecule has 1 aliphatic rings. The summed E-state index contributed by atoms with van der Waals surface area (Å²) < 4.78 is 1.29. The fourth-order valence-corrected chi connectivity index (χ4v) is 5.03. The van der Waals surface area contributed by atoms with Crippen LogP contribution >= 0.6 is 27.3 Å².